The average Bonchev–Trinajstić information content (AvgIpc) is 2.99. The number of thiophene rings is 1. The Morgan fingerprint density at radius 2 is 1.89 bits per heavy atom. The first-order valence-electron chi connectivity index (χ1n) is 6.19. The van der Waals surface area contributed by atoms with Crippen molar-refractivity contribution in [2.24, 2.45) is 17.8 Å². The molecule has 3 rings (SSSR count). The highest BCUT2D eigenvalue weighted by Gasteiger charge is 2.53. The lowest BCUT2D eigenvalue weighted by molar-refractivity contribution is -0.122. The molecule has 1 aromatic heterocycles. The van der Waals surface area contributed by atoms with Gasteiger partial charge < -0.3 is 5.11 Å². The molecule has 19 heavy (non-hydrogen) atoms. The summed E-state index contributed by atoms with van der Waals surface area (Å²) in [4.78, 5) is 36.9. The number of imide groups is 1. The molecule has 0 aromatic carbocycles. The van der Waals surface area contributed by atoms with Crippen LogP contribution in [0.2, 0.25) is 0 Å². The summed E-state index contributed by atoms with van der Waals surface area (Å²) in [6.45, 7) is 2.04. The number of carboxylic acids is 1. The van der Waals surface area contributed by atoms with Gasteiger partial charge in [0.1, 0.15) is 5.00 Å². The van der Waals surface area contributed by atoms with E-state index in [4.69, 9.17) is 5.11 Å². The SMILES string of the molecule is CC1CC2C(=O)N(c3sccc3C(=O)O)C(=O)C2C1. The molecule has 1 saturated carbocycles. The van der Waals surface area contributed by atoms with Crippen LogP contribution in [0.1, 0.15) is 30.1 Å². The molecule has 2 fully saturated rings. The Bertz CT molecular complexity index is 555. The highest BCUT2D eigenvalue weighted by molar-refractivity contribution is 7.15. The first-order valence-corrected chi connectivity index (χ1v) is 7.07. The van der Waals surface area contributed by atoms with Crippen LogP contribution in [0.5, 0.6) is 0 Å². The molecule has 1 saturated heterocycles. The van der Waals surface area contributed by atoms with Gasteiger partial charge in [-0.15, -0.1) is 11.3 Å². The molecule has 1 aliphatic heterocycles. The lowest BCUT2D eigenvalue weighted by Crippen LogP contribution is -2.32. The van der Waals surface area contributed by atoms with Crippen LogP contribution >= 0.6 is 11.3 Å². The number of carbonyl (C=O) groups excluding carboxylic acids is 2. The zero-order chi connectivity index (χ0) is 13.7. The minimum absolute atomic E-state index is 0.0275. The smallest absolute Gasteiger partial charge is 0.338 e. The van der Waals surface area contributed by atoms with E-state index in [9.17, 15) is 14.4 Å². The fraction of sp³-hybridized carbons (Fsp3) is 0.462. The van der Waals surface area contributed by atoms with E-state index in [2.05, 4.69) is 0 Å². The van der Waals surface area contributed by atoms with Crippen molar-refractivity contribution >= 4 is 34.1 Å². The number of rotatable bonds is 2. The fourth-order valence-electron chi connectivity index (χ4n) is 3.12. The topological polar surface area (TPSA) is 74.7 Å². The van der Waals surface area contributed by atoms with Gasteiger partial charge in [0.15, 0.2) is 0 Å². The van der Waals surface area contributed by atoms with Gasteiger partial charge in [-0.05, 0) is 30.2 Å². The predicted molar refractivity (Wildman–Crippen MR) is 69.1 cm³/mol. The van der Waals surface area contributed by atoms with Crippen LogP contribution in [-0.2, 0) is 9.59 Å². The van der Waals surface area contributed by atoms with Gasteiger partial charge in [0.2, 0.25) is 11.8 Å². The molecule has 100 valence electrons. The third kappa shape index (κ3) is 1.70. The van der Waals surface area contributed by atoms with Gasteiger partial charge in [-0.1, -0.05) is 6.92 Å². The fourth-order valence-corrected chi connectivity index (χ4v) is 4.02. The van der Waals surface area contributed by atoms with Crippen LogP contribution in [0.4, 0.5) is 5.00 Å². The Balaban J connectivity index is 1.99. The van der Waals surface area contributed by atoms with Crippen molar-refractivity contribution < 1.29 is 19.5 Å². The zero-order valence-corrected chi connectivity index (χ0v) is 11.1. The van der Waals surface area contributed by atoms with Crippen molar-refractivity contribution in [3.05, 3.63) is 17.0 Å². The molecule has 2 unspecified atom stereocenters. The summed E-state index contributed by atoms with van der Waals surface area (Å²) in [6, 6.07) is 1.43. The number of carboxylic acid groups (broad SMARTS) is 1. The van der Waals surface area contributed by atoms with E-state index >= 15 is 0 Å². The van der Waals surface area contributed by atoms with Gasteiger partial charge in [0.05, 0.1) is 17.4 Å². The molecule has 1 aromatic rings. The lowest BCUT2D eigenvalue weighted by Gasteiger charge is -2.15. The number of carbonyl (C=O) groups is 3. The Morgan fingerprint density at radius 3 is 2.42 bits per heavy atom. The summed E-state index contributed by atoms with van der Waals surface area (Å²) in [6.07, 6.45) is 1.44. The highest BCUT2D eigenvalue weighted by Crippen LogP contribution is 2.45. The van der Waals surface area contributed by atoms with E-state index in [0.29, 0.717) is 5.92 Å². The Hall–Kier alpha value is -1.69. The molecule has 0 bridgehead atoms. The van der Waals surface area contributed by atoms with Crippen molar-refractivity contribution in [2.45, 2.75) is 19.8 Å². The van der Waals surface area contributed by atoms with Gasteiger partial charge in [0.25, 0.3) is 0 Å². The van der Waals surface area contributed by atoms with Crippen molar-refractivity contribution in [1.29, 1.82) is 0 Å². The standard InChI is InChI=1S/C13H13NO4S/c1-6-4-8-9(5-6)11(16)14(10(8)15)12-7(13(17)18)2-3-19-12/h2-3,6,8-9H,4-5H2,1H3,(H,17,18). The van der Waals surface area contributed by atoms with Crippen LogP contribution in [0.3, 0.4) is 0 Å². The summed E-state index contributed by atoms with van der Waals surface area (Å²) in [5.41, 5.74) is 0.0275. The molecular formula is C13H13NO4S. The number of aromatic carboxylic acids is 1. The second-order valence-electron chi connectivity index (χ2n) is 5.25. The van der Waals surface area contributed by atoms with Gasteiger partial charge in [-0.2, -0.15) is 0 Å². The predicted octanol–water partition coefficient (Wildman–Crippen LogP) is 1.98. The lowest BCUT2D eigenvalue weighted by atomic mass is 10.00. The second kappa shape index (κ2) is 4.16. The maximum absolute atomic E-state index is 12.3. The zero-order valence-electron chi connectivity index (χ0n) is 10.3. The molecule has 5 nitrogen and oxygen atoms in total. The molecule has 2 heterocycles. The van der Waals surface area contributed by atoms with Crippen molar-refractivity contribution in [1.82, 2.24) is 0 Å². The highest BCUT2D eigenvalue weighted by atomic mass is 32.1. The summed E-state index contributed by atoms with van der Waals surface area (Å²) < 4.78 is 0. The van der Waals surface area contributed by atoms with Crippen molar-refractivity contribution in [3.63, 3.8) is 0 Å². The summed E-state index contributed by atoms with van der Waals surface area (Å²) in [5.74, 6) is -1.71. The third-order valence-electron chi connectivity index (χ3n) is 3.95. The number of nitrogens with zero attached hydrogens (tertiary/aromatic N) is 1. The first kappa shape index (κ1) is 12.3. The summed E-state index contributed by atoms with van der Waals surface area (Å²) >= 11 is 1.13. The van der Waals surface area contributed by atoms with Crippen LogP contribution in [-0.4, -0.2) is 22.9 Å². The average molecular weight is 279 g/mol. The van der Waals surface area contributed by atoms with E-state index < -0.39 is 5.97 Å². The van der Waals surface area contributed by atoms with E-state index in [-0.39, 0.29) is 34.2 Å². The Labute approximate surface area is 113 Å². The summed E-state index contributed by atoms with van der Waals surface area (Å²) in [7, 11) is 0. The minimum Gasteiger partial charge on any atom is -0.478 e. The van der Waals surface area contributed by atoms with Crippen LogP contribution in [0, 0.1) is 17.8 Å². The van der Waals surface area contributed by atoms with Crippen molar-refractivity contribution in [3.8, 4) is 0 Å². The van der Waals surface area contributed by atoms with Crippen LogP contribution in [0.15, 0.2) is 11.4 Å². The second-order valence-corrected chi connectivity index (χ2v) is 6.14. The maximum Gasteiger partial charge on any atom is 0.338 e. The van der Waals surface area contributed by atoms with E-state index in [1.807, 2.05) is 6.92 Å². The number of fused-ring (bicyclic) bond motifs is 1. The van der Waals surface area contributed by atoms with E-state index in [1.54, 1.807) is 5.38 Å². The molecule has 2 amide bonds. The maximum atomic E-state index is 12.3. The number of anilines is 1. The number of hydrogen-bond donors (Lipinski definition) is 1. The molecule has 0 radical (unpaired) electrons. The van der Waals surface area contributed by atoms with Gasteiger partial charge in [-0.3, -0.25) is 9.59 Å². The van der Waals surface area contributed by atoms with Crippen LogP contribution in [0.25, 0.3) is 0 Å². The quantitative estimate of drug-likeness (QED) is 0.840. The molecule has 6 heteroatoms. The molecule has 1 N–H and O–H groups in total. The van der Waals surface area contributed by atoms with E-state index in [0.717, 1.165) is 29.1 Å². The van der Waals surface area contributed by atoms with E-state index in [1.165, 1.54) is 6.07 Å². The van der Waals surface area contributed by atoms with Crippen molar-refractivity contribution in [2.75, 3.05) is 4.90 Å². The molecule has 2 aliphatic rings. The van der Waals surface area contributed by atoms with Gasteiger partial charge in [0, 0.05) is 0 Å². The minimum atomic E-state index is -1.11. The van der Waals surface area contributed by atoms with Crippen LogP contribution < -0.4 is 4.90 Å². The van der Waals surface area contributed by atoms with Gasteiger partial charge >= 0.3 is 5.97 Å². The monoisotopic (exact) mass is 279 g/mol. The number of hydrogen-bond acceptors (Lipinski definition) is 4. The summed E-state index contributed by atoms with van der Waals surface area (Å²) in [5, 5.41) is 10.9. The molecular weight excluding hydrogens is 266 g/mol. The first-order chi connectivity index (χ1) is 9.00. The normalized spacial score (nSPS) is 29.9. The molecule has 0 spiro atoms. The largest absolute Gasteiger partial charge is 0.478 e. The Morgan fingerprint density at radius 1 is 1.32 bits per heavy atom. The third-order valence-corrected chi connectivity index (χ3v) is 4.85. The Kier molecular flexibility index (Phi) is 2.70. The van der Waals surface area contributed by atoms with Gasteiger partial charge in [-0.25, -0.2) is 9.69 Å². The molecule has 2 atom stereocenters. The number of amides is 2. The molecule has 1 aliphatic carbocycles.